The summed E-state index contributed by atoms with van der Waals surface area (Å²) in [7, 11) is 0. The van der Waals surface area contributed by atoms with Crippen LogP contribution in [0.3, 0.4) is 0 Å². The summed E-state index contributed by atoms with van der Waals surface area (Å²) in [6, 6.07) is 4.34. The molecule has 0 unspecified atom stereocenters. The lowest BCUT2D eigenvalue weighted by molar-refractivity contribution is 0.0642. The van der Waals surface area contributed by atoms with Crippen LogP contribution in [0, 0.1) is 12.7 Å². The molecule has 0 aromatic heterocycles. The van der Waals surface area contributed by atoms with Crippen LogP contribution in [-0.4, -0.2) is 48.4 Å². The number of halogens is 1. The topological polar surface area (TPSA) is 23.6 Å². The predicted molar refractivity (Wildman–Crippen MR) is 69.2 cm³/mol. The molecule has 0 spiro atoms. The van der Waals surface area contributed by atoms with Gasteiger partial charge in [-0.25, -0.2) is 4.39 Å². The van der Waals surface area contributed by atoms with Gasteiger partial charge in [-0.15, -0.1) is 0 Å². The predicted octanol–water partition coefficient (Wildman–Crippen LogP) is 1.91. The molecule has 1 aromatic carbocycles. The van der Waals surface area contributed by atoms with Gasteiger partial charge in [0.1, 0.15) is 5.82 Å². The average molecular weight is 250 g/mol. The first-order valence-electron chi connectivity index (χ1n) is 6.39. The molecule has 1 heterocycles. The molecule has 0 saturated carbocycles. The number of amides is 1. The Balaban J connectivity index is 2.08. The summed E-state index contributed by atoms with van der Waals surface area (Å²) in [6.45, 7) is 8.27. The van der Waals surface area contributed by atoms with E-state index >= 15 is 0 Å². The minimum absolute atomic E-state index is 0.0169. The molecule has 98 valence electrons. The van der Waals surface area contributed by atoms with E-state index in [2.05, 4.69) is 11.8 Å². The molecular formula is C14H19FN2O. The van der Waals surface area contributed by atoms with Crippen LogP contribution in [0.5, 0.6) is 0 Å². The highest BCUT2D eigenvalue weighted by atomic mass is 19.1. The van der Waals surface area contributed by atoms with Crippen molar-refractivity contribution in [1.82, 2.24) is 9.80 Å². The molecule has 1 fully saturated rings. The van der Waals surface area contributed by atoms with Crippen LogP contribution in [0.2, 0.25) is 0 Å². The number of piperazine rings is 1. The summed E-state index contributed by atoms with van der Waals surface area (Å²) >= 11 is 0. The minimum atomic E-state index is -0.292. The number of likely N-dealkylation sites (N-methyl/N-ethyl adjacent to an activating group) is 1. The number of rotatable bonds is 2. The minimum Gasteiger partial charge on any atom is -0.336 e. The SMILES string of the molecule is CCN1CCN(C(=O)c2ccc(F)cc2C)CC1. The highest BCUT2D eigenvalue weighted by Gasteiger charge is 2.22. The number of hydrogen-bond acceptors (Lipinski definition) is 2. The standard InChI is InChI=1S/C14H19FN2O/c1-3-16-6-8-17(9-7-16)14(18)13-5-4-12(15)10-11(13)2/h4-5,10H,3,6-9H2,1-2H3. The maximum Gasteiger partial charge on any atom is 0.254 e. The van der Waals surface area contributed by atoms with E-state index < -0.39 is 0 Å². The van der Waals surface area contributed by atoms with Gasteiger partial charge in [0.05, 0.1) is 0 Å². The smallest absolute Gasteiger partial charge is 0.254 e. The van der Waals surface area contributed by atoms with Gasteiger partial charge in [0.15, 0.2) is 0 Å². The number of benzene rings is 1. The summed E-state index contributed by atoms with van der Waals surface area (Å²) in [5.74, 6) is -0.275. The molecule has 3 nitrogen and oxygen atoms in total. The van der Waals surface area contributed by atoms with E-state index in [-0.39, 0.29) is 11.7 Å². The van der Waals surface area contributed by atoms with Crippen molar-refractivity contribution in [2.24, 2.45) is 0 Å². The summed E-state index contributed by atoms with van der Waals surface area (Å²) in [6.07, 6.45) is 0. The Kier molecular flexibility index (Phi) is 3.97. The molecule has 0 atom stereocenters. The first-order valence-corrected chi connectivity index (χ1v) is 6.39. The lowest BCUT2D eigenvalue weighted by atomic mass is 10.1. The van der Waals surface area contributed by atoms with E-state index in [1.165, 1.54) is 12.1 Å². The fourth-order valence-corrected chi connectivity index (χ4v) is 2.30. The van der Waals surface area contributed by atoms with Crippen molar-refractivity contribution in [3.05, 3.63) is 35.1 Å². The lowest BCUT2D eigenvalue weighted by Crippen LogP contribution is -2.48. The molecule has 2 rings (SSSR count). The van der Waals surface area contributed by atoms with E-state index in [0.29, 0.717) is 11.1 Å². The Morgan fingerprint density at radius 1 is 1.28 bits per heavy atom. The third kappa shape index (κ3) is 2.70. The zero-order chi connectivity index (χ0) is 13.1. The van der Waals surface area contributed by atoms with Crippen molar-refractivity contribution in [2.45, 2.75) is 13.8 Å². The van der Waals surface area contributed by atoms with Crippen LogP contribution in [0.4, 0.5) is 4.39 Å². The van der Waals surface area contributed by atoms with E-state index in [9.17, 15) is 9.18 Å². The fourth-order valence-electron chi connectivity index (χ4n) is 2.30. The maximum absolute atomic E-state index is 13.0. The van der Waals surface area contributed by atoms with Crippen LogP contribution >= 0.6 is 0 Å². The van der Waals surface area contributed by atoms with Gasteiger partial charge in [0.25, 0.3) is 5.91 Å². The molecule has 1 aromatic rings. The van der Waals surface area contributed by atoms with Crippen molar-refractivity contribution in [1.29, 1.82) is 0 Å². The number of carbonyl (C=O) groups is 1. The van der Waals surface area contributed by atoms with Gasteiger partial charge < -0.3 is 9.80 Å². The van der Waals surface area contributed by atoms with Crippen LogP contribution in [0.25, 0.3) is 0 Å². The second-order valence-electron chi connectivity index (χ2n) is 4.69. The second-order valence-corrected chi connectivity index (χ2v) is 4.69. The maximum atomic E-state index is 13.0. The third-order valence-electron chi connectivity index (χ3n) is 3.53. The van der Waals surface area contributed by atoms with Gasteiger partial charge in [-0.05, 0) is 37.2 Å². The second kappa shape index (κ2) is 5.48. The number of carbonyl (C=O) groups excluding carboxylic acids is 1. The summed E-state index contributed by atoms with van der Waals surface area (Å²) in [5, 5.41) is 0. The van der Waals surface area contributed by atoms with Crippen LogP contribution in [0.1, 0.15) is 22.8 Å². The van der Waals surface area contributed by atoms with Crippen molar-refractivity contribution in [2.75, 3.05) is 32.7 Å². The van der Waals surface area contributed by atoms with E-state index in [0.717, 1.165) is 32.7 Å². The summed E-state index contributed by atoms with van der Waals surface area (Å²) in [4.78, 5) is 16.5. The molecule has 1 aliphatic heterocycles. The highest BCUT2D eigenvalue weighted by Crippen LogP contribution is 2.14. The quantitative estimate of drug-likeness (QED) is 0.800. The van der Waals surface area contributed by atoms with Crippen LogP contribution < -0.4 is 0 Å². The van der Waals surface area contributed by atoms with Crippen molar-refractivity contribution in [3.63, 3.8) is 0 Å². The molecule has 0 bridgehead atoms. The first-order chi connectivity index (χ1) is 8.61. The largest absolute Gasteiger partial charge is 0.336 e. The van der Waals surface area contributed by atoms with E-state index in [1.807, 2.05) is 4.90 Å². The van der Waals surface area contributed by atoms with Crippen LogP contribution in [0.15, 0.2) is 18.2 Å². The number of nitrogens with zero attached hydrogens (tertiary/aromatic N) is 2. The Labute approximate surface area is 107 Å². The van der Waals surface area contributed by atoms with Gasteiger partial charge >= 0.3 is 0 Å². The van der Waals surface area contributed by atoms with Crippen molar-refractivity contribution in [3.8, 4) is 0 Å². The third-order valence-corrected chi connectivity index (χ3v) is 3.53. The highest BCUT2D eigenvalue weighted by molar-refractivity contribution is 5.95. The Hall–Kier alpha value is -1.42. The normalized spacial score (nSPS) is 16.9. The molecule has 1 aliphatic rings. The zero-order valence-corrected chi connectivity index (χ0v) is 10.9. The molecule has 4 heteroatoms. The Morgan fingerprint density at radius 3 is 2.50 bits per heavy atom. The molecule has 1 amide bonds. The molecule has 1 saturated heterocycles. The fraction of sp³-hybridized carbons (Fsp3) is 0.500. The Morgan fingerprint density at radius 2 is 1.94 bits per heavy atom. The number of aryl methyl sites for hydroxylation is 1. The van der Waals surface area contributed by atoms with Gasteiger partial charge in [0.2, 0.25) is 0 Å². The van der Waals surface area contributed by atoms with Gasteiger partial charge in [-0.1, -0.05) is 6.92 Å². The molecular weight excluding hydrogens is 231 g/mol. The average Bonchev–Trinajstić information content (AvgIpc) is 2.38. The van der Waals surface area contributed by atoms with Crippen molar-refractivity contribution < 1.29 is 9.18 Å². The molecule has 0 N–H and O–H groups in total. The monoisotopic (exact) mass is 250 g/mol. The van der Waals surface area contributed by atoms with E-state index in [4.69, 9.17) is 0 Å². The first kappa shape index (κ1) is 13.0. The van der Waals surface area contributed by atoms with Gasteiger partial charge in [-0.2, -0.15) is 0 Å². The van der Waals surface area contributed by atoms with Crippen LogP contribution in [-0.2, 0) is 0 Å². The van der Waals surface area contributed by atoms with E-state index in [1.54, 1.807) is 13.0 Å². The molecule has 0 aliphatic carbocycles. The number of hydrogen-bond donors (Lipinski definition) is 0. The van der Waals surface area contributed by atoms with Crippen molar-refractivity contribution >= 4 is 5.91 Å². The lowest BCUT2D eigenvalue weighted by Gasteiger charge is -2.34. The summed E-state index contributed by atoms with van der Waals surface area (Å²) < 4.78 is 13.0. The zero-order valence-electron chi connectivity index (χ0n) is 10.9. The molecule has 0 radical (unpaired) electrons. The Bertz CT molecular complexity index is 439. The molecule has 18 heavy (non-hydrogen) atoms. The van der Waals surface area contributed by atoms with Gasteiger partial charge in [-0.3, -0.25) is 4.79 Å². The summed E-state index contributed by atoms with van der Waals surface area (Å²) in [5.41, 5.74) is 1.32. The van der Waals surface area contributed by atoms with Gasteiger partial charge in [0, 0.05) is 31.7 Å².